The fraction of sp³-hybridized carbons (Fsp3) is 0.647. The summed E-state index contributed by atoms with van der Waals surface area (Å²) >= 11 is 0. The lowest BCUT2D eigenvalue weighted by Crippen LogP contribution is -2.46. The molecular weight excluding hydrogens is 324 g/mol. The van der Waals surface area contributed by atoms with Crippen LogP contribution in [-0.2, 0) is 9.59 Å². The molecule has 1 N–H and O–H groups in total. The Balaban J connectivity index is 1.48. The summed E-state index contributed by atoms with van der Waals surface area (Å²) in [5, 5.41) is 6.70. The molecule has 1 atom stereocenters. The van der Waals surface area contributed by atoms with Crippen molar-refractivity contribution >= 4 is 17.8 Å². The molecule has 3 fully saturated rings. The summed E-state index contributed by atoms with van der Waals surface area (Å²) in [6.07, 6.45) is 4.82. The van der Waals surface area contributed by atoms with Gasteiger partial charge in [0.15, 0.2) is 5.76 Å². The van der Waals surface area contributed by atoms with Crippen LogP contribution in [0, 0.1) is 6.92 Å². The van der Waals surface area contributed by atoms with Crippen LogP contribution in [0.25, 0.3) is 0 Å². The van der Waals surface area contributed by atoms with E-state index in [4.69, 9.17) is 4.52 Å². The van der Waals surface area contributed by atoms with Crippen molar-refractivity contribution in [3.05, 3.63) is 17.5 Å². The minimum Gasteiger partial charge on any atom is -0.359 e. The number of likely N-dealkylation sites (tertiary alicyclic amines) is 1. The smallest absolute Gasteiger partial charge is 0.325 e. The summed E-state index contributed by atoms with van der Waals surface area (Å²) in [6, 6.07) is 1.21. The lowest BCUT2D eigenvalue weighted by atomic mass is 9.98. The van der Waals surface area contributed by atoms with E-state index >= 15 is 0 Å². The highest BCUT2D eigenvalue weighted by Gasteiger charge is 2.53. The number of aryl methyl sites for hydroxylation is 1. The number of imide groups is 1. The predicted octanol–water partition coefficient (Wildman–Crippen LogP) is 1.51. The Bertz CT molecular complexity index is 722. The van der Waals surface area contributed by atoms with Crippen LogP contribution in [0.15, 0.2) is 10.6 Å². The molecule has 3 aliphatic rings. The number of aromatic nitrogens is 1. The van der Waals surface area contributed by atoms with Crippen LogP contribution in [0.4, 0.5) is 4.79 Å². The first kappa shape index (κ1) is 16.1. The van der Waals surface area contributed by atoms with Crippen LogP contribution >= 0.6 is 0 Å². The number of carbonyl (C=O) groups excluding carboxylic acids is 3. The SMILES string of the molecule is Cc1cc([C@@H]2CCCN2C(=O)CN2C(=O)NC3(CCCC3)C2=O)on1. The molecule has 1 aromatic rings. The third kappa shape index (κ3) is 2.60. The van der Waals surface area contributed by atoms with E-state index in [-0.39, 0.29) is 24.4 Å². The Morgan fingerprint density at radius 2 is 2.12 bits per heavy atom. The first-order valence-corrected chi connectivity index (χ1v) is 8.87. The molecule has 2 aliphatic heterocycles. The highest BCUT2D eigenvalue weighted by molar-refractivity contribution is 6.09. The van der Waals surface area contributed by atoms with E-state index in [1.807, 2.05) is 13.0 Å². The summed E-state index contributed by atoms with van der Waals surface area (Å²) in [4.78, 5) is 40.5. The van der Waals surface area contributed by atoms with Crippen LogP contribution in [0.2, 0.25) is 0 Å². The highest BCUT2D eigenvalue weighted by Crippen LogP contribution is 2.36. The Morgan fingerprint density at radius 3 is 2.80 bits per heavy atom. The summed E-state index contributed by atoms with van der Waals surface area (Å²) in [6.45, 7) is 2.22. The van der Waals surface area contributed by atoms with Gasteiger partial charge in [-0.1, -0.05) is 18.0 Å². The van der Waals surface area contributed by atoms with Crippen molar-refractivity contribution in [3.8, 4) is 0 Å². The van der Waals surface area contributed by atoms with Crippen molar-refractivity contribution in [3.63, 3.8) is 0 Å². The van der Waals surface area contributed by atoms with Crippen molar-refractivity contribution in [2.24, 2.45) is 0 Å². The molecule has 25 heavy (non-hydrogen) atoms. The molecule has 134 valence electrons. The Morgan fingerprint density at radius 1 is 1.36 bits per heavy atom. The zero-order valence-electron chi connectivity index (χ0n) is 14.3. The zero-order valence-corrected chi connectivity index (χ0v) is 14.3. The fourth-order valence-corrected chi connectivity index (χ4v) is 4.26. The molecule has 1 aliphatic carbocycles. The van der Waals surface area contributed by atoms with Crippen LogP contribution in [-0.4, -0.2) is 51.4 Å². The molecule has 1 aromatic heterocycles. The van der Waals surface area contributed by atoms with E-state index in [0.29, 0.717) is 25.1 Å². The van der Waals surface area contributed by atoms with Crippen LogP contribution in [0.1, 0.15) is 56.0 Å². The average molecular weight is 346 g/mol. The molecular formula is C17H22N4O4. The number of urea groups is 1. The third-order valence-electron chi connectivity index (χ3n) is 5.54. The van der Waals surface area contributed by atoms with E-state index in [2.05, 4.69) is 10.5 Å². The van der Waals surface area contributed by atoms with Gasteiger partial charge in [0.2, 0.25) is 5.91 Å². The quantitative estimate of drug-likeness (QED) is 0.837. The molecule has 1 spiro atoms. The predicted molar refractivity (Wildman–Crippen MR) is 86.4 cm³/mol. The van der Waals surface area contributed by atoms with Crippen LogP contribution in [0.5, 0.6) is 0 Å². The summed E-state index contributed by atoms with van der Waals surface area (Å²) < 4.78 is 5.31. The van der Waals surface area contributed by atoms with Gasteiger partial charge in [0.1, 0.15) is 12.1 Å². The van der Waals surface area contributed by atoms with Gasteiger partial charge in [-0.05, 0) is 32.6 Å². The van der Waals surface area contributed by atoms with Gasteiger partial charge in [-0.2, -0.15) is 0 Å². The monoisotopic (exact) mass is 346 g/mol. The minimum atomic E-state index is -0.774. The van der Waals surface area contributed by atoms with Gasteiger partial charge in [-0.15, -0.1) is 0 Å². The standard InChI is InChI=1S/C17H22N4O4/c1-11-9-13(25-19-11)12-5-4-8-20(12)14(22)10-21-15(23)17(18-16(21)24)6-2-3-7-17/h9,12H,2-8,10H2,1H3,(H,18,24)/t12-/m0/s1. The van der Waals surface area contributed by atoms with Gasteiger partial charge >= 0.3 is 6.03 Å². The number of nitrogens with one attached hydrogen (secondary N) is 1. The van der Waals surface area contributed by atoms with Crippen molar-refractivity contribution in [1.82, 2.24) is 20.3 Å². The lowest BCUT2D eigenvalue weighted by Gasteiger charge is -2.25. The second kappa shape index (κ2) is 5.86. The van der Waals surface area contributed by atoms with Gasteiger partial charge < -0.3 is 14.7 Å². The van der Waals surface area contributed by atoms with E-state index in [0.717, 1.165) is 36.3 Å². The third-order valence-corrected chi connectivity index (χ3v) is 5.54. The van der Waals surface area contributed by atoms with Crippen LogP contribution in [0.3, 0.4) is 0 Å². The summed E-state index contributed by atoms with van der Waals surface area (Å²) in [5.41, 5.74) is -0.00402. The van der Waals surface area contributed by atoms with Crippen LogP contribution < -0.4 is 5.32 Å². The molecule has 0 radical (unpaired) electrons. The van der Waals surface area contributed by atoms with Gasteiger partial charge in [-0.3, -0.25) is 14.5 Å². The number of hydrogen-bond acceptors (Lipinski definition) is 5. The molecule has 4 rings (SSSR count). The summed E-state index contributed by atoms with van der Waals surface area (Å²) in [7, 11) is 0. The number of nitrogens with zero attached hydrogens (tertiary/aromatic N) is 3. The normalized spacial score (nSPS) is 25.2. The molecule has 0 bridgehead atoms. The van der Waals surface area contributed by atoms with Crippen molar-refractivity contribution in [2.75, 3.05) is 13.1 Å². The Labute approximate surface area is 145 Å². The number of carbonyl (C=O) groups is 3. The maximum Gasteiger partial charge on any atom is 0.325 e. The number of rotatable bonds is 3. The van der Waals surface area contributed by atoms with Gasteiger partial charge in [0.25, 0.3) is 5.91 Å². The zero-order chi connectivity index (χ0) is 17.6. The van der Waals surface area contributed by atoms with Gasteiger partial charge in [0.05, 0.1) is 11.7 Å². The molecule has 1 saturated carbocycles. The number of hydrogen-bond donors (Lipinski definition) is 1. The lowest BCUT2D eigenvalue weighted by molar-refractivity contribution is -0.139. The molecule has 8 heteroatoms. The van der Waals surface area contributed by atoms with E-state index in [1.165, 1.54) is 0 Å². The van der Waals surface area contributed by atoms with E-state index in [1.54, 1.807) is 4.90 Å². The number of amides is 4. The Hall–Kier alpha value is -2.38. The second-order valence-electron chi connectivity index (χ2n) is 7.23. The molecule has 8 nitrogen and oxygen atoms in total. The molecule has 0 aromatic carbocycles. The first-order chi connectivity index (χ1) is 12.0. The molecule has 0 unspecified atom stereocenters. The maximum absolute atomic E-state index is 12.8. The van der Waals surface area contributed by atoms with Gasteiger partial charge in [0, 0.05) is 12.6 Å². The summed E-state index contributed by atoms with van der Waals surface area (Å²) in [5.74, 6) is 0.178. The molecule has 4 amide bonds. The molecule has 2 saturated heterocycles. The van der Waals surface area contributed by atoms with E-state index in [9.17, 15) is 14.4 Å². The average Bonchev–Trinajstić information content (AvgIpc) is 3.33. The van der Waals surface area contributed by atoms with Gasteiger partial charge in [-0.25, -0.2) is 4.79 Å². The first-order valence-electron chi connectivity index (χ1n) is 8.87. The van der Waals surface area contributed by atoms with E-state index < -0.39 is 11.6 Å². The largest absolute Gasteiger partial charge is 0.359 e. The Kier molecular flexibility index (Phi) is 3.77. The minimum absolute atomic E-state index is 0.171. The maximum atomic E-state index is 12.8. The fourth-order valence-electron chi connectivity index (χ4n) is 4.26. The molecule has 3 heterocycles. The topological polar surface area (TPSA) is 95.8 Å². The second-order valence-corrected chi connectivity index (χ2v) is 7.23. The van der Waals surface area contributed by atoms with Crippen molar-refractivity contribution in [2.45, 2.75) is 57.0 Å². The van der Waals surface area contributed by atoms with Crippen molar-refractivity contribution < 1.29 is 18.9 Å². The highest BCUT2D eigenvalue weighted by atomic mass is 16.5. The van der Waals surface area contributed by atoms with Crippen molar-refractivity contribution in [1.29, 1.82) is 0 Å².